The Morgan fingerprint density at radius 1 is 1.20 bits per heavy atom. The summed E-state index contributed by atoms with van der Waals surface area (Å²) in [4.78, 5) is 9.41. The number of aryl methyl sites for hydroxylation is 1. The highest BCUT2D eigenvalue weighted by atomic mass is 14.9. The summed E-state index contributed by atoms with van der Waals surface area (Å²) in [7, 11) is 0. The van der Waals surface area contributed by atoms with Gasteiger partial charge in [-0.25, -0.2) is 9.97 Å². The molecule has 1 atom stereocenters. The van der Waals surface area contributed by atoms with Crippen molar-refractivity contribution < 1.29 is 0 Å². The lowest BCUT2D eigenvalue weighted by molar-refractivity contribution is 0.284. The normalized spacial score (nSPS) is 18.4. The first-order valence-electron chi connectivity index (χ1n) is 7.28. The van der Waals surface area contributed by atoms with Crippen LogP contribution in [0, 0.1) is 6.92 Å². The molecule has 1 fully saturated rings. The molecule has 20 heavy (non-hydrogen) atoms. The minimum absolute atomic E-state index is 0.0156. The van der Waals surface area contributed by atoms with Gasteiger partial charge in [-0.1, -0.05) is 36.8 Å². The molecule has 0 spiro atoms. The molecular formula is C17H21N3. The summed E-state index contributed by atoms with van der Waals surface area (Å²) in [5.74, 6) is 0.955. The summed E-state index contributed by atoms with van der Waals surface area (Å²) in [6.45, 7) is 4.00. The Hall–Kier alpha value is -1.74. The smallest absolute Gasteiger partial charge is 0.139 e. The number of rotatable bonds is 3. The second kappa shape index (κ2) is 4.98. The number of aromatic nitrogens is 2. The van der Waals surface area contributed by atoms with E-state index < -0.39 is 0 Å². The highest BCUT2D eigenvalue weighted by Crippen LogP contribution is 2.47. The third-order valence-corrected chi connectivity index (χ3v) is 4.47. The lowest BCUT2D eigenvalue weighted by atomic mass is 9.64. The summed E-state index contributed by atoms with van der Waals surface area (Å²) in [6.07, 6.45) is 5.42. The van der Waals surface area contributed by atoms with E-state index >= 15 is 0 Å². The maximum atomic E-state index is 5.95. The van der Waals surface area contributed by atoms with Crippen LogP contribution in [0.25, 0.3) is 0 Å². The standard InChI is InChI=1S/C17H21N3/c1-12(18)15-11-19-16(20-13(15)2)17(9-6-10-17)14-7-4-3-5-8-14/h3-5,7-8,11-12H,6,9-10,18H2,1-2H3/t12-/m0/s1. The van der Waals surface area contributed by atoms with Gasteiger partial charge in [-0.15, -0.1) is 0 Å². The Morgan fingerprint density at radius 3 is 2.40 bits per heavy atom. The molecule has 0 unspecified atom stereocenters. The number of hydrogen-bond acceptors (Lipinski definition) is 3. The van der Waals surface area contributed by atoms with E-state index in [4.69, 9.17) is 10.7 Å². The lowest BCUT2D eigenvalue weighted by Gasteiger charge is -2.41. The third kappa shape index (κ3) is 2.02. The van der Waals surface area contributed by atoms with E-state index in [1.807, 2.05) is 20.0 Å². The van der Waals surface area contributed by atoms with Crippen LogP contribution in [0.2, 0.25) is 0 Å². The lowest BCUT2D eigenvalue weighted by Crippen LogP contribution is -2.37. The Morgan fingerprint density at radius 2 is 1.90 bits per heavy atom. The summed E-state index contributed by atoms with van der Waals surface area (Å²) < 4.78 is 0. The average Bonchev–Trinajstić information content (AvgIpc) is 2.38. The van der Waals surface area contributed by atoms with Crippen LogP contribution in [-0.4, -0.2) is 9.97 Å². The molecule has 0 radical (unpaired) electrons. The summed E-state index contributed by atoms with van der Waals surface area (Å²) >= 11 is 0. The molecule has 104 valence electrons. The molecule has 1 aromatic heterocycles. The Labute approximate surface area is 120 Å². The van der Waals surface area contributed by atoms with Gasteiger partial charge in [-0.3, -0.25) is 0 Å². The molecule has 3 heteroatoms. The molecule has 0 saturated heterocycles. The summed E-state index contributed by atoms with van der Waals surface area (Å²) in [6, 6.07) is 10.6. The SMILES string of the molecule is Cc1nc(C2(c3ccccc3)CCC2)ncc1[C@H](C)N. The summed E-state index contributed by atoms with van der Waals surface area (Å²) in [5.41, 5.74) is 9.35. The maximum absolute atomic E-state index is 5.95. The molecule has 0 bridgehead atoms. The molecule has 0 aliphatic heterocycles. The van der Waals surface area contributed by atoms with Gasteiger partial charge in [0.15, 0.2) is 0 Å². The molecule has 1 saturated carbocycles. The van der Waals surface area contributed by atoms with Crippen molar-refractivity contribution in [1.82, 2.24) is 9.97 Å². The monoisotopic (exact) mass is 267 g/mol. The minimum Gasteiger partial charge on any atom is -0.324 e. The quantitative estimate of drug-likeness (QED) is 0.928. The fourth-order valence-corrected chi connectivity index (χ4v) is 3.08. The fraction of sp³-hybridized carbons (Fsp3) is 0.412. The average molecular weight is 267 g/mol. The van der Waals surface area contributed by atoms with Crippen molar-refractivity contribution in [2.75, 3.05) is 0 Å². The first kappa shape index (κ1) is 13.3. The van der Waals surface area contributed by atoms with Gasteiger partial charge in [-0.2, -0.15) is 0 Å². The predicted molar refractivity (Wildman–Crippen MR) is 80.4 cm³/mol. The predicted octanol–water partition coefficient (Wildman–Crippen LogP) is 3.27. The van der Waals surface area contributed by atoms with Crippen LogP contribution in [0.15, 0.2) is 36.5 Å². The minimum atomic E-state index is -0.0156. The number of hydrogen-bond donors (Lipinski definition) is 1. The van der Waals surface area contributed by atoms with Crippen LogP contribution in [-0.2, 0) is 5.41 Å². The van der Waals surface area contributed by atoms with E-state index in [9.17, 15) is 0 Å². The van der Waals surface area contributed by atoms with Crippen LogP contribution >= 0.6 is 0 Å². The molecule has 0 amide bonds. The molecule has 1 aliphatic rings. The maximum Gasteiger partial charge on any atom is 0.139 e. The van der Waals surface area contributed by atoms with Gasteiger partial charge in [0.2, 0.25) is 0 Å². The van der Waals surface area contributed by atoms with E-state index in [0.717, 1.165) is 29.9 Å². The molecule has 1 aromatic carbocycles. The molecule has 3 nitrogen and oxygen atoms in total. The largest absolute Gasteiger partial charge is 0.324 e. The third-order valence-electron chi connectivity index (χ3n) is 4.47. The number of benzene rings is 1. The van der Waals surface area contributed by atoms with Crippen LogP contribution in [0.5, 0.6) is 0 Å². The van der Waals surface area contributed by atoms with E-state index in [1.165, 1.54) is 12.0 Å². The second-order valence-electron chi connectivity index (χ2n) is 5.82. The van der Waals surface area contributed by atoms with E-state index in [2.05, 4.69) is 35.3 Å². The van der Waals surface area contributed by atoms with Gasteiger partial charge in [0.05, 0.1) is 5.41 Å². The van der Waals surface area contributed by atoms with Crippen LogP contribution in [0.3, 0.4) is 0 Å². The first-order chi connectivity index (χ1) is 9.63. The van der Waals surface area contributed by atoms with Gasteiger partial charge in [0.1, 0.15) is 5.82 Å². The topological polar surface area (TPSA) is 51.8 Å². The molecule has 1 heterocycles. The van der Waals surface area contributed by atoms with Crippen molar-refractivity contribution in [2.45, 2.75) is 44.6 Å². The van der Waals surface area contributed by atoms with Crippen molar-refractivity contribution in [2.24, 2.45) is 5.73 Å². The molecular weight excluding hydrogens is 246 g/mol. The van der Waals surface area contributed by atoms with Crippen LogP contribution in [0.4, 0.5) is 0 Å². The Kier molecular flexibility index (Phi) is 3.30. The van der Waals surface area contributed by atoms with Crippen molar-refractivity contribution in [3.63, 3.8) is 0 Å². The van der Waals surface area contributed by atoms with Gasteiger partial charge >= 0.3 is 0 Å². The number of nitrogens with zero attached hydrogens (tertiary/aromatic N) is 2. The molecule has 1 aliphatic carbocycles. The van der Waals surface area contributed by atoms with Gasteiger partial charge in [0, 0.05) is 23.5 Å². The zero-order valence-electron chi connectivity index (χ0n) is 12.1. The van der Waals surface area contributed by atoms with Gasteiger partial charge in [-0.05, 0) is 32.3 Å². The van der Waals surface area contributed by atoms with Crippen molar-refractivity contribution >= 4 is 0 Å². The fourth-order valence-electron chi connectivity index (χ4n) is 3.08. The van der Waals surface area contributed by atoms with Gasteiger partial charge in [0.25, 0.3) is 0 Å². The first-order valence-corrected chi connectivity index (χ1v) is 7.28. The molecule has 2 aromatic rings. The van der Waals surface area contributed by atoms with Crippen LogP contribution < -0.4 is 5.73 Å². The van der Waals surface area contributed by atoms with E-state index in [1.54, 1.807) is 0 Å². The van der Waals surface area contributed by atoms with Crippen LogP contribution in [0.1, 0.15) is 54.9 Å². The second-order valence-corrected chi connectivity index (χ2v) is 5.82. The zero-order chi connectivity index (χ0) is 14.2. The Balaban J connectivity index is 2.05. The van der Waals surface area contributed by atoms with Crippen molar-refractivity contribution in [3.05, 3.63) is 59.2 Å². The molecule has 2 N–H and O–H groups in total. The summed E-state index contributed by atoms with van der Waals surface area (Å²) in [5, 5.41) is 0. The molecule has 3 rings (SSSR count). The van der Waals surface area contributed by atoms with E-state index in [-0.39, 0.29) is 11.5 Å². The van der Waals surface area contributed by atoms with Crippen molar-refractivity contribution in [3.8, 4) is 0 Å². The number of nitrogens with two attached hydrogens (primary N) is 1. The van der Waals surface area contributed by atoms with Crippen molar-refractivity contribution in [1.29, 1.82) is 0 Å². The Bertz CT molecular complexity index is 601. The highest BCUT2D eigenvalue weighted by Gasteiger charge is 2.43. The van der Waals surface area contributed by atoms with Gasteiger partial charge < -0.3 is 5.73 Å². The zero-order valence-corrected chi connectivity index (χ0v) is 12.1. The highest BCUT2D eigenvalue weighted by molar-refractivity contribution is 5.36. The van der Waals surface area contributed by atoms with E-state index in [0.29, 0.717) is 0 Å².